The molecule has 2 nitrogen and oxygen atoms in total. The SMILES string of the molecule is SCCCCCCCCCOc1ccc2cccnc2c1. The van der Waals surface area contributed by atoms with Crippen molar-refractivity contribution in [1.82, 2.24) is 4.98 Å². The Bertz CT molecular complexity index is 529. The summed E-state index contributed by atoms with van der Waals surface area (Å²) in [6.45, 7) is 0.801. The zero-order valence-corrected chi connectivity index (χ0v) is 13.5. The maximum absolute atomic E-state index is 5.81. The Balaban J connectivity index is 1.59. The van der Waals surface area contributed by atoms with E-state index in [2.05, 4.69) is 29.7 Å². The van der Waals surface area contributed by atoms with Crippen LogP contribution in [-0.2, 0) is 0 Å². The molecule has 0 fully saturated rings. The van der Waals surface area contributed by atoms with E-state index in [-0.39, 0.29) is 0 Å². The smallest absolute Gasteiger partial charge is 0.121 e. The largest absolute Gasteiger partial charge is 0.494 e. The lowest BCUT2D eigenvalue weighted by Gasteiger charge is -2.07. The maximum Gasteiger partial charge on any atom is 0.121 e. The van der Waals surface area contributed by atoms with Crippen molar-refractivity contribution in [2.24, 2.45) is 0 Å². The Morgan fingerprint density at radius 1 is 0.905 bits per heavy atom. The molecule has 0 aliphatic heterocycles. The third-order valence-corrected chi connectivity index (χ3v) is 3.96. The summed E-state index contributed by atoms with van der Waals surface area (Å²) in [6, 6.07) is 10.1. The minimum Gasteiger partial charge on any atom is -0.494 e. The number of unbranched alkanes of at least 4 members (excludes halogenated alkanes) is 6. The monoisotopic (exact) mass is 303 g/mol. The van der Waals surface area contributed by atoms with Crippen LogP contribution in [-0.4, -0.2) is 17.3 Å². The van der Waals surface area contributed by atoms with E-state index >= 15 is 0 Å². The summed E-state index contributed by atoms with van der Waals surface area (Å²) in [5.41, 5.74) is 0.999. The van der Waals surface area contributed by atoms with E-state index in [9.17, 15) is 0 Å². The van der Waals surface area contributed by atoms with Crippen molar-refractivity contribution >= 4 is 23.5 Å². The Morgan fingerprint density at radius 3 is 2.48 bits per heavy atom. The van der Waals surface area contributed by atoms with Gasteiger partial charge in [-0.25, -0.2) is 0 Å². The van der Waals surface area contributed by atoms with E-state index in [4.69, 9.17) is 4.74 Å². The molecule has 0 bridgehead atoms. The van der Waals surface area contributed by atoms with E-state index in [0.717, 1.165) is 35.4 Å². The predicted octanol–water partition coefficient (Wildman–Crippen LogP) is 5.27. The summed E-state index contributed by atoms with van der Waals surface area (Å²) in [5, 5.41) is 1.16. The van der Waals surface area contributed by atoms with Crippen LogP contribution in [0, 0.1) is 0 Å². The number of ether oxygens (including phenoxy) is 1. The second-order valence-electron chi connectivity index (χ2n) is 5.40. The minimum absolute atomic E-state index is 0.801. The van der Waals surface area contributed by atoms with Gasteiger partial charge in [0.2, 0.25) is 0 Å². The molecule has 0 saturated carbocycles. The highest BCUT2D eigenvalue weighted by molar-refractivity contribution is 7.80. The summed E-state index contributed by atoms with van der Waals surface area (Å²) in [4.78, 5) is 4.35. The van der Waals surface area contributed by atoms with Gasteiger partial charge in [-0.2, -0.15) is 12.6 Å². The summed E-state index contributed by atoms with van der Waals surface area (Å²) in [7, 11) is 0. The third-order valence-electron chi connectivity index (χ3n) is 3.65. The number of rotatable bonds is 10. The predicted molar refractivity (Wildman–Crippen MR) is 93.4 cm³/mol. The van der Waals surface area contributed by atoms with Crippen LogP contribution in [0.2, 0.25) is 0 Å². The van der Waals surface area contributed by atoms with Gasteiger partial charge in [0.1, 0.15) is 5.75 Å². The van der Waals surface area contributed by atoms with Gasteiger partial charge >= 0.3 is 0 Å². The van der Waals surface area contributed by atoms with Gasteiger partial charge < -0.3 is 4.74 Å². The Morgan fingerprint density at radius 2 is 1.67 bits per heavy atom. The molecule has 2 rings (SSSR count). The van der Waals surface area contributed by atoms with Crippen LogP contribution in [0.15, 0.2) is 36.5 Å². The van der Waals surface area contributed by atoms with E-state index in [0.29, 0.717) is 0 Å². The normalized spacial score (nSPS) is 10.9. The number of hydrogen-bond donors (Lipinski definition) is 1. The Kier molecular flexibility index (Phi) is 7.44. The highest BCUT2D eigenvalue weighted by Gasteiger charge is 1.98. The molecule has 0 N–H and O–H groups in total. The highest BCUT2D eigenvalue weighted by atomic mass is 32.1. The Labute approximate surface area is 133 Å². The van der Waals surface area contributed by atoms with Crippen LogP contribution in [0.5, 0.6) is 5.75 Å². The average molecular weight is 303 g/mol. The van der Waals surface area contributed by atoms with E-state index in [1.54, 1.807) is 0 Å². The van der Waals surface area contributed by atoms with Crippen LogP contribution in [0.3, 0.4) is 0 Å². The first-order valence-electron chi connectivity index (χ1n) is 7.98. The molecule has 0 radical (unpaired) electrons. The molecule has 1 aromatic carbocycles. The zero-order valence-electron chi connectivity index (χ0n) is 12.6. The lowest BCUT2D eigenvalue weighted by Crippen LogP contribution is -1.97. The molecule has 0 spiro atoms. The van der Waals surface area contributed by atoms with Crippen molar-refractivity contribution in [3.05, 3.63) is 36.5 Å². The van der Waals surface area contributed by atoms with Gasteiger partial charge in [0, 0.05) is 17.6 Å². The van der Waals surface area contributed by atoms with Crippen molar-refractivity contribution in [2.75, 3.05) is 12.4 Å². The van der Waals surface area contributed by atoms with Gasteiger partial charge in [0.05, 0.1) is 12.1 Å². The van der Waals surface area contributed by atoms with Gasteiger partial charge in [0.15, 0.2) is 0 Å². The number of nitrogens with zero attached hydrogens (tertiary/aromatic N) is 1. The molecular weight excluding hydrogens is 278 g/mol. The third kappa shape index (κ3) is 5.96. The lowest BCUT2D eigenvalue weighted by atomic mass is 10.1. The molecule has 0 saturated heterocycles. The van der Waals surface area contributed by atoms with E-state index in [1.807, 2.05) is 24.4 Å². The number of hydrogen-bond acceptors (Lipinski definition) is 3. The average Bonchev–Trinajstić information content (AvgIpc) is 2.53. The molecular formula is C18H25NOS. The molecule has 114 valence electrons. The highest BCUT2D eigenvalue weighted by Crippen LogP contribution is 2.19. The standard InChI is InChI=1S/C18H25NOS/c21-14-7-5-3-1-2-4-6-13-20-17-11-10-16-9-8-12-19-18(16)15-17/h8-12,15,21H,1-7,13-14H2. The van der Waals surface area contributed by atoms with Gasteiger partial charge in [-0.1, -0.05) is 38.2 Å². The van der Waals surface area contributed by atoms with E-state index < -0.39 is 0 Å². The van der Waals surface area contributed by atoms with E-state index in [1.165, 1.54) is 38.5 Å². The van der Waals surface area contributed by atoms with Gasteiger partial charge in [0.25, 0.3) is 0 Å². The fourth-order valence-corrected chi connectivity index (χ4v) is 2.65. The first kappa shape index (κ1) is 16.2. The summed E-state index contributed by atoms with van der Waals surface area (Å²) in [5.74, 6) is 1.95. The molecule has 21 heavy (non-hydrogen) atoms. The lowest BCUT2D eigenvalue weighted by molar-refractivity contribution is 0.304. The van der Waals surface area contributed by atoms with Crippen molar-refractivity contribution < 1.29 is 4.74 Å². The van der Waals surface area contributed by atoms with Crippen LogP contribution >= 0.6 is 12.6 Å². The molecule has 0 aliphatic carbocycles. The van der Waals surface area contributed by atoms with Crippen molar-refractivity contribution in [3.8, 4) is 5.75 Å². The Hall–Kier alpha value is -1.22. The summed E-state index contributed by atoms with van der Waals surface area (Å²) in [6.07, 6.45) is 10.8. The summed E-state index contributed by atoms with van der Waals surface area (Å²) < 4.78 is 5.81. The molecule has 1 aromatic heterocycles. The number of benzene rings is 1. The van der Waals surface area contributed by atoms with Gasteiger partial charge in [-0.05, 0) is 36.8 Å². The zero-order chi connectivity index (χ0) is 14.8. The van der Waals surface area contributed by atoms with Gasteiger partial charge in [-0.15, -0.1) is 0 Å². The summed E-state index contributed by atoms with van der Waals surface area (Å²) >= 11 is 4.23. The van der Waals surface area contributed by atoms with Crippen molar-refractivity contribution in [1.29, 1.82) is 0 Å². The van der Waals surface area contributed by atoms with Crippen LogP contribution in [0.4, 0.5) is 0 Å². The minimum atomic E-state index is 0.801. The van der Waals surface area contributed by atoms with Crippen molar-refractivity contribution in [3.63, 3.8) is 0 Å². The topological polar surface area (TPSA) is 22.1 Å². The van der Waals surface area contributed by atoms with Crippen LogP contribution < -0.4 is 4.74 Å². The molecule has 1 heterocycles. The second kappa shape index (κ2) is 9.67. The fourth-order valence-electron chi connectivity index (χ4n) is 2.42. The molecule has 0 aliphatic rings. The van der Waals surface area contributed by atoms with Crippen LogP contribution in [0.25, 0.3) is 10.9 Å². The number of fused-ring (bicyclic) bond motifs is 1. The molecule has 0 amide bonds. The quantitative estimate of drug-likeness (QED) is 0.477. The second-order valence-corrected chi connectivity index (χ2v) is 5.85. The molecule has 0 unspecified atom stereocenters. The number of thiol groups is 1. The fraction of sp³-hybridized carbons (Fsp3) is 0.500. The van der Waals surface area contributed by atoms with Crippen molar-refractivity contribution in [2.45, 2.75) is 44.9 Å². The first-order chi connectivity index (χ1) is 10.4. The molecule has 3 heteroatoms. The van der Waals surface area contributed by atoms with Crippen LogP contribution in [0.1, 0.15) is 44.9 Å². The van der Waals surface area contributed by atoms with Gasteiger partial charge in [-0.3, -0.25) is 4.98 Å². The first-order valence-corrected chi connectivity index (χ1v) is 8.62. The molecule has 0 atom stereocenters. The maximum atomic E-state index is 5.81. The molecule has 2 aromatic rings. The number of pyridine rings is 1. The number of aromatic nitrogens is 1.